The molecule has 2 N–H and O–H groups in total. The van der Waals surface area contributed by atoms with Gasteiger partial charge in [0.15, 0.2) is 0 Å². The van der Waals surface area contributed by atoms with Crippen molar-refractivity contribution in [2.24, 2.45) is 0 Å². The van der Waals surface area contributed by atoms with Crippen LogP contribution in [0.3, 0.4) is 0 Å². The number of carbonyl (C=O) groups excluding carboxylic acids is 1. The quantitative estimate of drug-likeness (QED) is 0.235. The molecule has 0 aliphatic heterocycles. The minimum absolute atomic E-state index is 0.111. The molecule has 6 rings (SSSR count). The van der Waals surface area contributed by atoms with E-state index in [-0.39, 0.29) is 25.7 Å². The fraction of sp³-hybridized carbons (Fsp3) is 0.118. The lowest BCUT2D eigenvalue weighted by Gasteiger charge is -2.14. The molecule has 6 nitrogen and oxygen atoms in total. The molecule has 0 atom stereocenters. The maximum absolute atomic E-state index is 12.6. The number of fused-ring (bicyclic) bond motifs is 2. The van der Waals surface area contributed by atoms with Gasteiger partial charge in [0.2, 0.25) is 0 Å². The highest BCUT2D eigenvalue weighted by Crippen LogP contribution is 2.28. The Kier molecular flexibility index (Phi) is 7.24. The number of hydrogen-bond donors (Lipinski definition) is 2. The van der Waals surface area contributed by atoms with Gasteiger partial charge in [-0.25, -0.2) is 4.98 Å². The summed E-state index contributed by atoms with van der Waals surface area (Å²) in [4.78, 5) is 17.5. The summed E-state index contributed by atoms with van der Waals surface area (Å²) < 4.78 is 8.42. The van der Waals surface area contributed by atoms with Crippen molar-refractivity contribution in [3.8, 4) is 16.9 Å². The first-order valence-electron chi connectivity index (χ1n) is 13.3. The van der Waals surface area contributed by atoms with Crippen LogP contribution in [0.15, 0.2) is 115 Å². The van der Waals surface area contributed by atoms with E-state index in [9.17, 15) is 4.79 Å². The number of carbonyl (C=O) groups is 1. The minimum Gasteiger partial charge on any atom is -0.486 e. The van der Waals surface area contributed by atoms with Crippen molar-refractivity contribution in [2.75, 3.05) is 13.2 Å². The molecule has 0 fully saturated rings. The van der Waals surface area contributed by atoms with E-state index in [4.69, 9.17) is 14.8 Å². The third-order valence-corrected chi connectivity index (χ3v) is 7.01. The molecule has 0 spiro atoms. The number of ether oxygens (including phenoxy) is 1. The topological polar surface area (TPSA) is 76.4 Å². The van der Waals surface area contributed by atoms with Crippen LogP contribution in [0.2, 0.25) is 0 Å². The number of nitrogens with zero attached hydrogens (tertiary/aromatic N) is 2. The molecule has 5 aromatic carbocycles. The molecule has 0 bridgehead atoms. The van der Waals surface area contributed by atoms with Crippen molar-refractivity contribution in [1.82, 2.24) is 14.9 Å². The van der Waals surface area contributed by atoms with Crippen molar-refractivity contribution >= 4 is 27.7 Å². The summed E-state index contributed by atoms with van der Waals surface area (Å²) in [5.74, 6) is 1.29. The number of aromatic nitrogens is 2. The van der Waals surface area contributed by atoms with Crippen LogP contribution in [-0.4, -0.2) is 33.7 Å². The normalized spacial score (nSPS) is 11.1. The molecular formula is C34H29N3O3. The largest absolute Gasteiger partial charge is 0.486 e. The maximum Gasteiger partial charge on any atom is 0.251 e. The van der Waals surface area contributed by atoms with Gasteiger partial charge in [0.25, 0.3) is 5.91 Å². The van der Waals surface area contributed by atoms with E-state index >= 15 is 0 Å². The molecule has 1 heterocycles. The third-order valence-electron chi connectivity index (χ3n) is 7.01. The van der Waals surface area contributed by atoms with E-state index in [0.717, 1.165) is 44.6 Å². The van der Waals surface area contributed by atoms with Crippen LogP contribution in [0.1, 0.15) is 21.7 Å². The van der Waals surface area contributed by atoms with Crippen molar-refractivity contribution in [3.63, 3.8) is 0 Å². The first-order chi connectivity index (χ1) is 19.7. The number of hydrogen-bond acceptors (Lipinski definition) is 4. The molecule has 40 heavy (non-hydrogen) atoms. The molecule has 6 aromatic rings. The average molecular weight is 528 g/mol. The molecule has 0 aliphatic rings. The number of amides is 1. The second kappa shape index (κ2) is 11.4. The van der Waals surface area contributed by atoms with Crippen LogP contribution in [0.4, 0.5) is 0 Å². The van der Waals surface area contributed by atoms with Crippen LogP contribution in [0.25, 0.3) is 32.9 Å². The van der Waals surface area contributed by atoms with Crippen LogP contribution in [0.5, 0.6) is 5.75 Å². The number of aliphatic hydroxyl groups is 1. The van der Waals surface area contributed by atoms with Crippen molar-refractivity contribution in [3.05, 3.63) is 132 Å². The maximum atomic E-state index is 12.6. The van der Waals surface area contributed by atoms with Gasteiger partial charge in [-0.2, -0.15) is 0 Å². The lowest BCUT2D eigenvalue weighted by Crippen LogP contribution is -2.26. The van der Waals surface area contributed by atoms with E-state index in [0.29, 0.717) is 17.6 Å². The van der Waals surface area contributed by atoms with Gasteiger partial charge in [0, 0.05) is 12.1 Å². The number of benzene rings is 5. The predicted molar refractivity (Wildman–Crippen MR) is 158 cm³/mol. The summed E-state index contributed by atoms with van der Waals surface area (Å²) in [6.07, 6.45) is 0. The van der Waals surface area contributed by atoms with Gasteiger partial charge in [-0.3, -0.25) is 4.79 Å². The molecule has 6 heteroatoms. The highest BCUT2D eigenvalue weighted by molar-refractivity contribution is 5.97. The number of imidazole rings is 1. The van der Waals surface area contributed by atoms with Crippen LogP contribution < -0.4 is 10.1 Å². The molecule has 0 saturated carbocycles. The van der Waals surface area contributed by atoms with Gasteiger partial charge in [-0.05, 0) is 57.8 Å². The second-order valence-corrected chi connectivity index (χ2v) is 9.62. The highest BCUT2D eigenvalue weighted by Gasteiger charge is 2.16. The highest BCUT2D eigenvalue weighted by atomic mass is 16.5. The van der Waals surface area contributed by atoms with Crippen LogP contribution >= 0.6 is 0 Å². The van der Waals surface area contributed by atoms with Gasteiger partial charge >= 0.3 is 0 Å². The van der Waals surface area contributed by atoms with Gasteiger partial charge in [-0.15, -0.1) is 0 Å². The zero-order valence-electron chi connectivity index (χ0n) is 22.0. The molecule has 1 amide bonds. The average Bonchev–Trinajstić information content (AvgIpc) is 3.35. The summed E-state index contributed by atoms with van der Waals surface area (Å²) in [5.41, 5.74) is 5.59. The number of aliphatic hydroxyl groups excluding tert-OH is 1. The number of rotatable bonds is 9. The molecule has 0 saturated heterocycles. The van der Waals surface area contributed by atoms with Gasteiger partial charge < -0.3 is 19.7 Å². The zero-order valence-corrected chi connectivity index (χ0v) is 22.0. The Morgan fingerprint density at radius 1 is 0.825 bits per heavy atom. The summed E-state index contributed by atoms with van der Waals surface area (Å²) in [5, 5.41) is 14.1. The van der Waals surface area contributed by atoms with Crippen molar-refractivity contribution < 1.29 is 14.6 Å². The Morgan fingerprint density at radius 2 is 1.60 bits per heavy atom. The van der Waals surface area contributed by atoms with E-state index in [1.54, 1.807) is 12.1 Å². The Balaban J connectivity index is 1.38. The Labute approximate surface area is 232 Å². The van der Waals surface area contributed by atoms with Gasteiger partial charge in [-0.1, -0.05) is 84.9 Å². The fourth-order valence-corrected chi connectivity index (χ4v) is 5.01. The summed E-state index contributed by atoms with van der Waals surface area (Å²) in [7, 11) is 0. The minimum atomic E-state index is -0.242. The van der Waals surface area contributed by atoms with E-state index in [2.05, 4.69) is 64.5 Å². The monoisotopic (exact) mass is 527 g/mol. The first kappa shape index (κ1) is 25.3. The molecule has 0 unspecified atom stereocenters. The van der Waals surface area contributed by atoms with E-state index in [1.165, 1.54) is 0 Å². The second-order valence-electron chi connectivity index (χ2n) is 9.62. The summed E-state index contributed by atoms with van der Waals surface area (Å²) in [6.45, 7) is 0.951. The van der Waals surface area contributed by atoms with Crippen LogP contribution in [0, 0.1) is 0 Å². The first-order valence-corrected chi connectivity index (χ1v) is 13.3. The third kappa shape index (κ3) is 5.30. The Hall–Kier alpha value is -4.94. The molecular weight excluding hydrogens is 498 g/mol. The van der Waals surface area contributed by atoms with Crippen LogP contribution in [-0.2, 0) is 13.2 Å². The van der Waals surface area contributed by atoms with Gasteiger partial charge in [0.05, 0.1) is 24.2 Å². The predicted octanol–water partition coefficient (Wildman–Crippen LogP) is 6.21. The molecule has 0 aliphatic carbocycles. The van der Waals surface area contributed by atoms with Gasteiger partial charge in [0.1, 0.15) is 18.2 Å². The fourth-order valence-electron chi connectivity index (χ4n) is 5.01. The summed E-state index contributed by atoms with van der Waals surface area (Å²) >= 11 is 0. The molecule has 0 radical (unpaired) electrons. The van der Waals surface area contributed by atoms with E-state index in [1.807, 2.05) is 48.5 Å². The smallest absolute Gasteiger partial charge is 0.251 e. The standard InChI is InChI=1S/C34H29N3O3/c38-19-18-35-34(39)27-15-17-32-31(21-27)36-33(23-40-29-16-14-24-8-4-5-11-26(24)20-29)37(32)22-28-12-6-7-13-30(28)25-9-2-1-3-10-25/h1-17,20-21,38H,18-19,22-23H2,(H,35,39). The lowest BCUT2D eigenvalue weighted by atomic mass is 9.99. The Bertz CT molecular complexity index is 1790. The number of nitrogens with one attached hydrogen (secondary N) is 1. The van der Waals surface area contributed by atoms with E-state index < -0.39 is 0 Å². The van der Waals surface area contributed by atoms with Crippen molar-refractivity contribution in [1.29, 1.82) is 0 Å². The molecule has 1 aromatic heterocycles. The Morgan fingerprint density at radius 3 is 2.45 bits per heavy atom. The zero-order chi connectivity index (χ0) is 27.3. The summed E-state index contributed by atoms with van der Waals surface area (Å²) in [6, 6.07) is 38.5. The SMILES string of the molecule is O=C(NCCO)c1ccc2c(c1)nc(COc1ccc3ccccc3c1)n2Cc1ccccc1-c1ccccc1. The van der Waals surface area contributed by atoms with Crippen molar-refractivity contribution in [2.45, 2.75) is 13.2 Å². The lowest BCUT2D eigenvalue weighted by molar-refractivity contribution is 0.0945. The molecule has 198 valence electrons.